The molecular formula is C17H14N2O3. The number of carbonyl (C=O) groups is 1. The summed E-state index contributed by atoms with van der Waals surface area (Å²) in [5.41, 5.74) is 1.92. The third-order valence-corrected chi connectivity index (χ3v) is 3.36. The van der Waals surface area contributed by atoms with E-state index in [1.165, 1.54) is 0 Å². The van der Waals surface area contributed by atoms with Crippen LogP contribution in [0.4, 0.5) is 5.69 Å². The normalized spacial score (nSPS) is 10.6. The molecule has 0 aliphatic rings. The summed E-state index contributed by atoms with van der Waals surface area (Å²) < 4.78 is 0. The molecule has 5 nitrogen and oxygen atoms in total. The smallest absolute Gasteiger partial charge is 0.256 e. The molecule has 22 heavy (non-hydrogen) atoms. The average molecular weight is 294 g/mol. The van der Waals surface area contributed by atoms with Crippen LogP contribution in [0.3, 0.4) is 0 Å². The van der Waals surface area contributed by atoms with Crippen LogP contribution in [-0.2, 0) is 4.79 Å². The van der Waals surface area contributed by atoms with Crippen LogP contribution in [0.15, 0.2) is 59.4 Å². The van der Waals surface area contributed by atoms with E-state index in [0.717, 1.165) is 16.6 Å². The maximum Gasteiger partial charge on any atom is 0.256 e. The highest BCUT2D eigenvalue weighted by atomic mass is 16.3. The van der Waals surface area contributed by atoms with Gasteiger partial charge >= 0.3 is 0 Å². The van der Waals surface area contributed by atoms with Crippen molar-refractivity contribution < 1.29 is 9.90 Å². The van der Waals surface area contributed by atoms with Crippen LogP contribution in [0.1, 0.15) is 0 Å². The van der Waals surface area contributed by atoms with E-state index in [0.29, 0.717) is 11.1 Å². The lowest BCUT2D eigenvalue weighted by atomic mass is 10.1. The zero-order valence-corrected chi connectivity index (χ0v) is 11.7. The Morgan fingerprint density at radius 2 is 1.86 bits per heavy atom. The Morgan fingerprint density at radius 1 is 1.09 bits per heavy atom. The minimum atomic E-state index is -0.596. The van der Waals surface area contributed by atoms with Gasteiger partial charge in [0.05, 0.1) is 0 Å². The number of benzene rings is 2. The van der Waals surface area contributed by atoms with Gasteiger partial charge in [0.15, 0.2) is 0 Å². The lowest BCUT2D eigenvalue weighted by molar-refractivity contribution is -0.118. The number of amides is 1. The second-order valence-electron chi connectivity index (χ2n) is 4.89. The fourth-order valence-corrected chi connectivity index (χ4v) is 2.31. The highest BCUT2D eigenvalue weighted by Gasteiger charge is 2.06. The number of anilines is 1. The lowest BCUT2D eigenvalue weighted by Gasteiger charge is -2.07. The summed E-state index contributed by atoms with van der Waals surface area (Å²) in [5, 5.41) is 12.5. The van der Waals surface area contributed by atoms with E-state index in [4.69, 9.17) is 5.11 Å². The second-order valence-corrected chi connectivity index (χ2v) is 4.89. The number of nitrogens with one attached hydrogen (secondary N) is 2. The fraction of sp³-hybridized carbons (Fsp3) is 0.0588. The van der Waals surface area contributed by atoms with Crippen molar-refractivity contribution in [1.82, 2.24) is 4.98 Å². The highest BCUT2D eigenvalue weighted by Crippen LogP contribution is 2.21. The van der Waals surface area contributed by atoms with E-state index in [9.17, 15) is 9.59 Å². The number of H-pyrrole nitrogens is 1. The first-order chi connectivity index (χ1) is 10.7. The number of carbonyl (C=O) groups excluding carboxylic acids is 1. The Hall–Kier alpha value is -2.92. The maximum atomic E-state index is 12.3. The van der Waals surface area contributed by atoms with Crippen molar-refractivity contribution in [2.45, 2.75) is 0 Å². The molecule has 0 aliphatic carbocycles. The molecule has 3 aromatic rings. The van der Waals surface area contributed by atoms with Gasteiger partial charge < -0.3 is 15.4 Å². The van der Waals surface area contributed by atoms with E-state index in [1.54, 1.807) is 18.2 Å². The number of rotatable bonds is 3. The van der Waals surface area contributed by atoms with Gasteiger partial charge in [-0.2, -0.15) is 0 Å². The first-order valence-electron chi connectivity index (χ1n) is 6.80. The molecular weight excluding hydrogens is 280 g/mol. The number of aromatic amines is 1. The summed E-state index contributed by atoms with van der Waals surface area (Å²) in [6.07, 6.45) is 0. The number of pyridine rings is 1. The summed E-state index contributed by atoms with van der Waals surface area (Å²) in [6, 6.07) is 16.5. The van der Waals surface area contributed by atoms with Crippen LogP contribution in [0, 0.1) is 0 Å². The minimum Gasteiger partial charge on any atom is -0.387 e. The molecule has 0 bridgehead atoms. The Morgan fingerprint density at radius 3 is 2.59 bits per heavy atom. The van der Waals surface area contributed by atoms with Gasteiger partial charge in [-0.3, -0.25) is 9.59 Å². The van der Waals surface area contributed by atoms with E-state index < -0.39 is 12.5 Å². The molecule has 3 rings (SSSR count). The lowest BCUT2D eigenvalue weighted by Crippen LogP contribution is -2.16. The highest BCUT2D eigenvalue weighted by molar-refractivity contribution is 5.95. The SMILES string of the molecule is O=C(CO)Nc1ccc2cc(-c3ccccc3)[nH]c(=O)c2c1. The topological polar surface area (TPSA) is 82.2 Å². The van der Waals surface area contributed by atoms with Crippen LogP contribution in [0.2, 0.25) is 0 Å². The Bertz CT molecular complexity index is 885. The molecule has 1 amide bonds. The third-order valence-electron chi connectivity index (χ3n) is 3.36. The average Bonchev–Trinajstić information content (AvgIpc) is 2.56. The standard InChI is InChI=1S/C17H14N2O3/c20-10-16(21)18-13-7-6-12-8-15(11-4-2-1-3-5-11)19-17(22)14(12)9-13/h1-9,20H,10H2,(H,18,21)(H,19,22). The molecule has 0 unspecified atom stereocenters. The summed E-state index contributed by atoms with van der Waals surface area (Å²) in [4.78, 5) is 26.3. The number of hydrogen-bond donors (Lipinski definition) is 3. The first-order valence-corrected chi connectivity index (χ1v) is 6.80. The molecule has 0 spiro atoms. The van der Waals surface area contributed by atoms with Crippen molar-refractivity contribution >= 4 is 22.4 Å². The number of aliphatic hydroxyl groups excluding tert-OH is 1. The van der Waals surface area contributed by atoms with Gasteiger partial charge in [-0.1, -0.05) is 36.4 Å². The predicted octanol–water partition coefficient (Wildman–Crippen LogP) is 2.13. The molecule has 0 saturated carbocycles. The van der Waals surface area contributed by atoms with Crippen LogP contribution >= 0.6 is 0 Å². The third kappa shape index (κ3) is 2.75. The molecule has 1 heterocycles. The molecule has 3 N–H and O–H groups in total. The Labute approximate surface area is 126 Å². The molecule has 0 saturated heterocycles. The maximum absolute atomic E-state index is 12.3. The molecule has 0 atom stereocenters. The van der Waals surface area contributed by atoms with Gasteiger partial charge in [-0.05, 0) is 29.1 Å². The van der Waals surface area contributed by atoms with Crippen molar-refractivity contribution in [3.63, 3.8) is 0 Å². The van der Waals surface area contributed by atoms with E-state index >= 15 is 0 Å². The number of hydrogen-bond acceptors (Lipinski definition) is 3. The van der Waals surface area contributed by atoms with Crippen molar-refractivity contribution in [2.24, 2.45) is 0 Å². The van der Waals surface area contributed by atoms with E-state index in [-0.39, 0.29) is 5.56 Å². The molecule has 0 fully saturated rings. The summed E-state index contributed by atoms with van der Waals surface area (Å²) in [6.45, 7) is -0.596. The molecule has 1 aromatic heterocycles. The van der Waals surface area contributed by atoms with Crippen LogP contribution in [-0.4, -0.2) is 22.6 Å². The van der Waals surface area contributed by atoms with Crippen LogP contribution < -0.4 is 10.9 Å². The van der Waals surface area contributed by atoms with Gasteiger partial charge in [0.1, 0.15) is 6.61 Å². The van der Waals surface area contributed by atoms with Crippen molar-refractivity contribution in [3.8, 4) is 11.3 Å². The van der Waals surface area contributed by atoms with Crippen molar-refractivity contribution in [3.05, 3.63) is 65.0 Å². The summed E-state index contributed by atoms with van der Waals surface area (Å²) in [5.74, 6) is -0.517. The predicted molar refractivity (Wildman–Crippen MR) is 85.7 cm³/mol. The molecule has 0 radical (unpaired) electrons. The van der Waals surface area contributed by atoms with Crippen molar-refractivity contribution in [2.75, 3.05) is 11.9 Å². The van der Waals surface area contributed by atoms with Crippen molar-refractivity contribution in [1.29, 1.82) is 0 Å². The second kappa shape index (κ2) is 5.83. The molecule has 110 valence electrons. The minimum absolute atomic E-state index is 0.226. The van der Waals surface area contributed by atoms with Crippen LogP contribution in [0.5, 0.6) is 0 Å². The summed E-state index contributed by atoms with van der Waals surface area (Å²) >= 11 is 0. The zero-order chi connectivity index (χ0) is 15.5. The van der Waals surface area contributed by atoms with Gasteiger partial charge in [0.2, 0.25) is 5.91 Å². The Kier molecular flexibility index (Phi) is 3.72. The van der Waals surface area contributed by atoms with Crippen LogP contribution in [0.25, 0.3) is 22.0 Å². The Balaban J connectivity index is 2.07. The van der Waals surface area contributed by atoms with E-state index in [2.05, 4.69) is 10.3 Å². The first kappa shape index (κ1) is 14.0. The summed E-state index contributed by atoms with van der Waals surface area (Å²) in [7, 11) is 0. The van der Waals surface area contributed by atoms with Gasteiger partial charge in [-0.25, -0.2) is 0 Å². The number of aliphatic hydroxyl groups is 1. The quantitative estimate of drug-likeness (QED) is 0.692. The largest absolute Gasteiger partial charge is 0.387 e. The molecule has 2 aromatic carbocycles. The van der Waals surface area contributed by atoms with Gasteiger partial charge in [-0.15, -0.1) is 0 Å². The number of fused-ring (bicyclic) bond motifs is 1. The molecule has 0 aliphatic heterocycles. The number of aromatic nitrogens is 1. The van der Waals surface area contributed by atoms with Gasteiger partial charge in [0, 0.05) is 16.8 Å². The molecule has 5 heteroatoms. The fourth-order valence-electron chi connectivity index (χ4n) is 2.31. The monoisotopic (exact) mass is 294 g/mol. The van der Waals surface area contributed by atoms with E-state index in [1.807, 2.05) is 36.4 Å². The van der Waals surface area contributed by atoms with Gasteiger partial charge in [0.25, 0.3) is 5.56 Å². The zero-order valence-electron chi connectivity index (χ0n) is 11.7.